The molecule has 1 aromatic rings. The zero-order chi connectivity index (χ0) is 13.9. The maximum atomic E-state index is 8.60. The summed E-state index contributed by atoms with van der Waals surface area (Å²) < 4.78 is 16.1. The number of nitrogens with one attached hydrogen (secondary N) is 1. The van der Waals surface area contributed by atoms with Crippen LogP contribution in [0.2, 0.25) is 0 Å². The van der Waals surface area contributed by atoms with Crippen molar-refractivity contribution >= 4 is 0 Å². The van der Waals surface area contributed by atoms with Crippen molar-refractivity contribution in [2.75, 3.05) is 40.1 Å². The SMILES string of the molecule is CCNCc1ccc(OC)cc1OCCOCCO. The Labute approximate surface area is 114 Å². The third-order valence-electron chi connectivity index (χ3n) is 2.56. The van der Waals surface area contributed by atoms with Crippen molar-refractivity contribution in [3.8, 4) is 11.5 Å². The Morgan fingerprint density at radius 2 is 2.05 bits per heavy atom. The van der Waals surface area contributed by atoms with Crippen LogP contribution in [0.15, 0.2) is 18.2 Å². The van der Waals surface area contributed by atoms with Crippen LogP contribution in [-0.4, -0.2) is 45.2 Å². The molecule has 0 saturated carbocycles. The molecule has 0 fully saturated rings. The lowest BCUT2D eigenvalue weighted by molar-refractivity contribution is 0.0702. The van der Waals surface area contributed by atoms with E-state index in [0.717, 1.165) is 30.2 Å². The molecule has 0 radical (unpaired) electrons. The zero-order valence-corrected chi connectivity index (χ0v) is 11.6. The van der Waals surface area contributed by atoms with E-state index in [2.05, 4.69) is 12.2 Å². The first-order chi connectivity index (χ1) is 9.31. The molecule has 0 bridgehead atoms. The van der Waals surface area contributed by atoms with Crippen LogP contribution >= 0.6 is 0 Å². The Kier molecular flexibility index (Phi) is 7.97. The van der Waals surface area contributed by atoms with E-state index in [1.807, 2.05) is 18.2 Å². The highest BCUT2D eigenvalue weighted by atomic mass is 16.5. The number of ether oxygens (including phenoxy) is 3. The number of aliphatic hydroxyl groups is 1. The second-order valence-corrected chi connectivity index (χ2v) is 3.94. The topological polar surface area (TPSA) is 60.0 Å². The minimum absolute atomic E-state index is 0.0326. The van der Waals surface area contributed by atoms with E-state index in [1.165, 1.54) is 0 Å². The van der Waals surface area contributed by atoms with Gasteiger partial charge in [-0.2, -0.15) is 0 Å². The molecule has 19 heavy (non-hydrogen) atoms. The summed E-state index contributed by atoms with van der Waals surface area (Å²) in [5, 5.41) is 11.9. The smallest absolute Gasteiger partial charge is 0.127 e. The highest BCUT2D eigenvalue weighted by molar-refractivity contribution is 5.40. The number of aliphatic hydroxyl groups excluding tert-OH is 1. The fraction of sp³-hybridized carbons (Fsp3) is 0.571. The number of hydrogen-bond acceptors (Lipinski definition) is 5. The molecule has 5 heteroatoms. The van der Waals surface area contributed by atoms with Gasteiger partial charge in [0.25, 0.3) is 0 Å². The summed E-state index contributed by atoms with van der Waals surface area (Å²) in [7, 11) is 1.63. The fourth-order valence-corrected chi connectivity index (χ4v) is 1.58. The van der Waals surface area contributed by atoms with Crippen LogP contribution in [0.25, 0.3) is 0 Å². The number of hydrogen-bond donors (Lipinski definition) is 2. The van der Waals surface area contributed by atoms with Crippen LogP contribution in [0, 0.1) is 0 Å². The monoisotopic (exact) mass is 269 g/mol. The van der Waals surface area contributed by atoms with Crippen molar-refractivity contribution in [3.05, 3.63) is 23.8 Å². The van der Waals surface area contributed by atoms with Crippen LogP contribution < -0.4 is 14.8 Å². The van der Waals surface area contributed by atoms with Gasteiger partial charge in [-0.05, 0) is 12.6 Å². The molecule has 0 aliphatic carbocycles. The van der Waals surface area contributed by atoms with Crippen LogP contribution in [0.1, 0.15) is 12.5 Å². The molecule has 0 aliphatic rings. The molecule has 0 heterocycles. The van der Waals surface area contributed by atoms with Gasteiger partial charge in [-0.15, -0.1) is 0 Å². The standard InChI is InChI=1S/C14H23NO4/c1-3-15-11-12-4-5-13(17-2)10-14(12)19-9-8-18-7-6-16/h4-5,10,15-16H,3,6-9,11H2,1-2H3. The van der Waals surface area contributed by atoms with Gasteiger partial charge in [0.2, 0.25) is 0 Å². The predicted molar refractivity (Wildman–Crippen MR) is 73.8 cm³/mol. The van der Waals surface area contributed by atoms with E-state index in [9.17, 15) is 0 Å². The molecule has 2 N–H and O–H groups in total. The average molecular weight is 269 g/mol. The maximum absolute atomic E-state index is 8.60. The first-order valence-electron chi connectivity index (χ1n) is 6.50. The van der Waals surface area contributed by atoms with Crippen molar-refractivity contribution in [3.63, 3.8) is 0 Å². The lowest BCUT2D eigenvalue weighted by Crippen LogP contribution is -2.14. The van der Waals surface area contributed by atoms with Crippen LogP contribution in [0.4, 0.5) is 0 Å². The second kappa shape index (κ2) is 9.61. The summed E-state index contributed by atoms with van der Waals surface area (Å²) in [6, 6.07) is 5.78. The van der Waals surface area contributed by atoms with Gasteiger partial charge in [-0.25, -0.2) is 0 Å². The van der Waals surface area contributed by atoms with Crippen LogP contribution in [0.3, 0.4) is 0 Å². The zero-order valence-electron chi connectivity index (χ0n) is 11.6. The summed E-state index contributed by atoms with van der Waals surface area (Å²) in [6.07, 6.45) is 0. The molecule has 0 unspecified atom stereocenters. The Morgan fingerprint density at radius 3 is 2.74 bits per heavy atom. The Hall–Kier alpha value is -1.30. The van der Waals surface area contributed by atoms with Gasteiger partial charge in [-0.3, -0.25) is 0 Å². The summed E-state index contributed by atoms with van der Waals surface area (Å²) >= 11 is 0. The van der Waals surface area contributed by atoms with Gasteiger partial charge in [0.1, 0.15) is 18.1 Å². The molecule has 0 spiro atoms. The van der Waals surface area contributed by atoms with Gasteiger partial charge >= 0.3 is 0 Å². The largest absolute Gasteiger partial charge is 0.497 e. The third-order valence-corrected chi connectivity index (χ3v) is 2.56. The Balaban J connectivity index is 2.55. The molecule has 0 atom stereocenters. The van der Waals surface area contributed by atoms with Crippen molar-refractivity contribution in [2.45, 2.75) is 13.5 Å². The highest BCUT2D eigenvalue weighted by Crippen LogP contribution is 2.24. The van der Waals surface area contributed by atoms with E-state index >= 15 is 0 Å². The molecule has 1 rings (SSSR count). The van der Waals surface area contributed by atoms with E-state index < -0.39 is 0 Å². The van der Waals surface area contributed by atoms with Gasteiger partial charge in [-0.1, -0.05) is 13.0 Å². The van der Waals surface area contributed by atoms with Crippen molar-refractivity contribution in [1.82, 2.24) is 5.32 Å². The first-order valence-corrected chi connectivity index (χ1v) is 6.50. The quantitative estimate of drug-likeness (QED) is 0.625. The Bertz CT molecular complexity index is 357. The highest BCUT2D eigenvalue weighted by Gasteiger charge is 2.05. The average Bonchev–Trinajstić information content (AvgIpc) is 2.45. The molecule has 0 aliphatic heterocycles. The minimum Gasteiger partial charge on any atom is -0.497 e. The number of benzene rings is 1. The molecule has 108 valence electrons. The summed E-state index contributed by atoms with van der Waals surface area (Å²) in [5.41, 5.74) is 1.09. The van der Waals surface area contributed by atoms with Gasteiger partial charge < -0.3 is 24.6 Å². The molecule has 0 saturated heterocycles. The Morgan fingerprint density at radius 1 is 1.21 bits per heavy atom. The molecular formula is C14H23NO4. The van der Waals surface area contributed by atoms with E-state index in [-0.39, 0.29) is 6.61 Å². The molecule has 5 nitrogen and oxygen atoms in total. The van der Waals surface area contributed by atoms with Crippen molar-refractivity contribution < 1.29 is 19.3 Å². The van der Waals surface area contributed by atoms with Gasteiger partial charge in [0.05, 0.1) is 26.9 Å². The number of rotatable bonds is 10. The normalized spacial score (nSPS) is 10.5. The van der Waals surface area contributed by atoms with Gasteiger partial charge in [0, 0.05) is 18.2 Å². The first kappa shape index (κ1) is 15.8. The lowest BCUT2D eigenvalue weighted by atomic mass is 10.2. The van der Waals surface area contributed by atoms with Crippen molar-refractivity contribution in [1.29, 1.82) is 0 Å². The predicted octanol–water partition coefficient (Wildman–Crippen LogP) is 1.19. The van der Waals surface area contributed by atoms with E-state index in [4.69, 9.17) is 19.3 Å². The van der Waals surface area contributed by atoms with E-state index in [0.29, 0.717) is 19.8 Å². The minimum atomic E-state index is 0.0326. The third kappa shape index (κ3) is 5.92. The maximum Gasteiger partial charge on any atom is 0.127 e. The molecule has 1 aromatic carbocycles. The lowest BCUT2D eigenvalue weighted by Gasteiger charge is -2.13. The summed E-state index contributed by atoms with van der Waals surface area (Å²) in [5.74, 6) is 1.57. The van der Waals surface area contributed by atoms with Crippen LogP contribution in [-0.2, 0) is 11.3 Å². The van der Waals surface area contributed by atoms with Gasteiger partial charge in [0.15, 0.2) is 0 Å². The fourth-order valence-electron chi connectivity index (χ4n) is 1.58. The number of methoxy groups -OCH3 is 1. The summed E-state index contributed by atoms with van der Waals surface area (Å²) in [6.45, 7) is 5.01. The molecule has 0 amide bonds. The molecular weight excluding hydrogens is 246 g/mol. The van der Waals surface area contributed by atoms with E-state index in [1.54, 1.807) is 7.11 Å². The second-order valence-electron chi connectivity index (χ2n) is 3.94. The van der Waals surface area contributed by atoms with Crippen molar-refractivity contribution in [2.24, 2.45) is 0 Å². The molecule has 0 aromatic heterocycles. The summed E-state index contributed by atoms with van der Waals surface area (Å²) in [4.78, 5) is 0. The van der Waals surface area contributed by atoms with Crippen LogP contribution in [0.5, 0.6) is 11.5 Å².